The minimum absolute atomic E-state index is 0.0253. The smallest absolute Gasteiger partial charge is 0.335 e. The van der Waals surface area contributed by atoms with Gasteiger partial charge in [-0.15, -0.1) is 0 Å². The lowest BCUT2D eigenvalue weighted by Crippen LogP contribution is -2.71. The quantitative estimate of drug-likeness (QED) is 0.152. The molecule has 13 nitrogen and oxygen atoms in total. The van der Waals surface area contributed by atoms with Crippen LogP contribution in [-0.4, -0.2) is 128 Å². The number of fused-ring (bicyclic) bond motifs is 7. The van der Waals surface area contributed by atoms with Crippen molar-refractivity contribution >= 4 is 5.97 Å². The molecule has 0 amide bonds. The van der Waals surface area contributed by atoms with Crippen LogP contribution >= 0.6 is 0 Å². The molecule has 0 aromatic heterocycles. The van der Waals surface area contributed by atoms with E-state index >= 15 is 0 Å². The molecule has 7 rings (SSSR count). The summed E-state index contributed by atoms with van der Waals surface area (Å²) < 4.78 is 31.1. The van der Waals surface area contributed by atoms with Crippen LogP contribution in [0.5, 0.6) is 0 Å². The lowest BCUT2D eigenvalue weighted by Gasteiger charge is -2.66. The van der Waals surface area contributed by atoms with Gasteiger partial charge in [0.05, 0.1) is 37.1 Å². The van der Waals surface area contributed by atoms with E-state index in [1.54, 1.807) is 6.92 Å². The second kappa shape index (κ2) is 13.1. The Morgan fingerprint density at radius 3 is 2.36 bits per heavy atom. The third kappa shape index (κ3) is 5.47. The molecule has 286 valence electrons. The van der Waals surface area contributed by atoms with E-state index in [1.165, 1.54) is 0 Å². The molecule has 0 radical (unpaired) electrons. The highest BCUT2D eigenvalue weighted by Crippen LogP contribution is 2.72. The van der Waals surface area contributed by atoms with Gasteiger partial charge in [-0.2, -0.15) is 0 Å². The van der Waals surface area contributed by atoms with E-state index in [0.29, 0.717) is 24.9 Å². The van der Waals surface area contributed by atoms with E-state index in [1.807, 2.05) is 6.92 Å². The van der Waals surface area contributed by atoms with Crippen molar-refractivity contribution in [2.24, 2.45) is 46.3 Å². The second-order valence-electron chi connectivity index (χ2n) is 17.7. The normalized spacial score (nSPS) is 56.6. The van der Waals surface area contributed by atoms with E-state index in [0.717, 1.165) is 32.1 Å². The van der Waals surface area contributed by atoms with Crippen LogP contribution in [0.3, 0.4) is 0 Å². The highest BCUT2D eigenvalue weighted by atomic mass is 16.7. The number of hydrogen-bond donors (Lipinski definition) is 7. The number of aliphatic hydroxyl groups excluding tert-OH is 6. The molecule has 0 aromatic carbocycles. The maximum Gasteiger partial charge on any atom is 0.335 e. The predicted molar refractivity (Wildman–Crippen MR) is 175 cm³/mol. The first-order chi connectivity index (χ1) is 23.5. The molecule has 50 heavy (non-hydrogen) atoms. The largest absolute Gasteiger partial charge is 0.458 e. The number of hydrogen-bond acceptors (Lipinski definition) is 13. The summed E-state index contributed by atoms with van der Waals surface area (Å²) >= 11 is 0. The first-order valence-corrected chi connectivity index (χ1v) is 19.1. The molecule has 0 aromatic rings. The van der Waals surface area contributed by atoms with Crippen molar-refractivity contribution in [3.05, 3.63) is 0 Å². The molecule has 7 fully saturated rings. The fraction of sp³-hybridized carbons (Fsp3) is 0.973. The summed E-state index contributed by atoms with van der Waals surface area (Å²) in [5.41, 5.74) is -2.62. The monoisotopic (exact) mass is 712 g/mol. The van der Waals surface area contributed by atoms with E-state index in [4.69, 9.17) is 23.7 Å². The van der Waals surface area contributed by atoms with Gasteiger partial charge in [0.2, 0.25) is 0 Å². The molecule has 20 atom stereocenters. The van der Waals surface area contributed by atoms with Gasteiger partial charge in [0.1, 0.15) is 30.5 Å². The summed E-state index contributed by atoms with van der Waals surface area (Å²) in [7, 11) is 0. The Kier molecular flexibility index (Phi) is 9.79. The summed E-state index contributed by atoms with van der Waals surface area (Å²) in [5.74, 6) is -0.0826. The van der Waals surface area contributed by atoms with Crippen molar-refractivity contribution in [1.29, 1.82) is 0 Å². The molecular formula is C37H60O13. The average Bonchev–Trinajstić information content (AvgIpc) is 3.53. The summed E-state index contributed by atoms with van der Waals surface area (Å²) in [5, 5.41) is 76.3. The molecular weight excluding hydrogens is 652 g/mol. The molecule has 4 saturated carbocycles. The van der Waals surface area contributed by atoms with Gasteiger partial charge in [-0.25, -0.2) is 4.79 Å². The van der Waals surface area contributed by atoms with Crippen molar-refractivity contribution in [3.8, 4) is 0 Å². The molecule has 13 heteroatoms. The van der Waals surface area contributed by atoms with Crippen molar-refractivity contribution in [2.75, 3.05) is 13.2 Å². The van der Waals surface area contributed by atoms with Crippen LogP contribution in [0.2, 0.25) is 0 Å². The Morgan fingerprint density at radius 1 is 0.960 bits per heavy atom. The second-order valence-corrected chi connectivity index (χ2v) is 17.7. The van der Waals surface area contributed by atoms with Crippen LogP contribution < -0.4 is 0 Å². The SMILES string of the molecule is CC[C@@H](O)C(=O)O[C@@H]1C[C@]2(O)[C@H](O)C[C@H]3[C@@H]4C[C@@H]5O[C@]6(CC[C@@H](C)CO6)[C@@H](C)[C@@H]5[C@@]4(C)CC[C@@H]3[C@@]2(C)C[C@H]1O[C@@H]1O[C@H](CO)[C@@H](O)[C@H](O)[C@H]1O. The lowest BCUT2D eigenvalue weighted by molar-refractivity contribution is -0.340. The summed E-state index contributed by atoms with van der Waals surface area (Å²) in [6, 6.07) is 0. The van der Waals surface area contributed by atoms with Gasteiger partial charge in [0, 0.05) is 24.2 Å². The predicted octanol–water partition coefficient (Wildman–Crippen LogP) is 0.996. The van der Waals surface area contributed by atoms with Gasteiger partial charge in [-0.05, 0) is 80.0 Å². The van der Waals surface area contributed by atoms with Crippen molar-refractivity contribution < 1.29 is 64.2 Å². The van der Waals surface area contributed by atoms with Crippen LogP contribution in [0.4, 0.5) is 0 Å². The van der Waals surface area contributed by atoms with Crippen LogP contribution in [0.25, 0.3) is 0 Å². The van der Waals surface area contributed by atoms with Crippen LogP contribution in [-0.2, 0) is 28.5 Å². The average molecular weight is 713 g/mol. The highest BCUT2D eigenvalue weighted by molar-refractivity contribution is 5.74. The lowest BCUT2D eigenvalue weighted by atomic mass is 9.42. The molecule has 1 spiro atoms. The van der Waals surface area contributed by atoms with Crippen molar-refractivity contribution in [1.82, 2.24) is 0 Å². The van der Waals surface area contributed by atoms with E-state index < -0.39 is 84.5 Å². The molecule has 4 aliphatic carbocycles. The Balaban J connectivity index is 1.17. The number of esters is 1. The van der Waals surface area contributed by atoms with Gasteiger partial charge >= 0.3 is 5.97 Å². The third-order valence-electron chi connectivity index (χ3n) is 15.2. The van der Waals surface area contributed by atoms with E-state index in [2.05, 4.69) is 20.8 Å². The Hall–Kier alpha value is -0.970. The number of ether oxygens (including phenoxy) is 5. The minimum Gasteiger partial charge on any atom is -0.458 e. The van der Waals surface area contributed by atoms with Crippen molar-refractivity contribution in [3.63, 3.8) is 0 Å². The molecule has 0 bridgehead atoms. The highest BCUT2D eigenvalue weighted by Gasteiger charge is 2.73. The Labute approximate surface area is 294 Å². The zero-order valence-corrected chi connectivity index (χ0v) is 30.1. The maximum atomic E-state index is 12.9. The molecule has 7 N–H and O–H groups in total. The van der Waals surface area contributed by atoms with Crippen LogP contribution in [0.1, 0.15) is 92.4 Å². The number of rotatable bonds is 6. The molecule has 3 heterocycles. The first-order valence-electron chi connectivity index (χ1n) is 19.1. The molecule has 0 unspecified atom stereocenters. The number of aliphatic hydroxyl groups is 7. The van der Waals surface area contributed by atoms with E-state index in [-0.39, 0.29) is 54.5 Å². The van der Waals surface area contributed by atoms with Gasteiger partial charge in [0.25, 0.3) is 0 Å². The Morgan fingerprint density at radius 2 is 1.70 bits per heavy atom. The van der Waals surface area contributed by atoms with Crippen LogP contribution in [0.15, 0.2) is 0 Å². The van der Waals surface area contributed by atoms with Gasteiger partial charge in [-0.1, -0.05) is 34.6 Å². The fourth-order valence-corrected chi connectivity index (χ4v) is 12.3. The zero-order valence-electron chi connectivity index (χ0n) is 30.1. The fourth-order valence-electron chi connectivity index (χ4n) is 12.3. The molecule has 7 aliphatic rings. The molecule has 3 aliphatic heterocycles. The first kappa shape index (κ1) is 37.3. The third-order valence-corrected chi connectivity index (χ3v) is 15.2. The van der Waals surface area contributed by atoms with Gasteiger partial charge in [0.15, 0.2) is 18.2 Å². The minimum atomic E-state index is -1.68. The van der Waals surface area contributed by atoms with Crippen LogP contribution in [0, 0.1) is 46.3 Å². The van der Waals surface area contributed by atoms with E-state index in [9.17, 15) is 40.5 Å². The standard InChI is InChI=1S/C37H60O13/c1-6-22(39)32(44)47-25-14-36(45)27(40)11-19-20(35(36,5)13-24(25)48-33-31(43)30(42)29(41)26(15-38)49-33)8-9-34(4)21(19)12-23-28(34)18(3)37(50-23)10-7-17(2)16-46-37/h17-31,33,38-43,45H,6-16H2,1-5H3/t17-,18+,19-,20+,21+,22-,23+,24-,25-,26-,27-,28+,29-,30+,31-,33-,34+,35-,36+,37-/m1/s1. The molecule has 3 saturated heterocycles. The topological polar surface area (TPSA) is 205 Å². The van der Waals surface area contributed by atoms with Crippen molar-refractivity contribution in [2.45, 2.75) is 165 Å². The number of carbonyl (C=O) groups is 1. The Bertz CT molecular complexity index is 1260. The maximum absolute atomic E-state index is 12.9. The van der Waals surface area contributed by atoms with Gasteiger partial charge in [-0.3, -0.25) is 0 Å². The van der Waals surface area contributed by atoms with Gasteiger partial charge < -0.3 is 59.4 Å². The summed E-state index contributed by atoms with van der Waals surface area (Å²) in [6.07, 6.45) is -7.24. The number of carbonyl (C=O) groups excluding carboxylic acids is 1. The zero-order chi connectivity index (χ0) is 36.1. The summed E-state index contributed by atoms with van der Waals surface area (Å²) in [4.78, 5) is 12.9. The summed E-state index contributed by atoms with van der Waals surface area (Å²) in [6.45, 7) is 10.6.